The third kappa shape index (κ3) is 5.62. The predicted octanol–water partition coefficient (Wildman–Crippen LogP) is 5.58. The Labute approximate surface area is 204 Å². The van der Waals surface area contributed by atoms with Crippen LogP contribution in [0, 0.1) is 0 Å². The van der Waals surface area contributed by atoms with Crippen LogP contribution in [-0.4, -0.2) is 39.0 Å². The van der Waals surface area contributed by atoms with Crippen LogP contribution in [0.3, 0.4) is 0 Å². The van der Waals surface area contributed by atoms with Crippen LogP contribution >= 0.6 is 23.1 Å². The molecule has 4 rings (SSSR count). The second-order valence-electron chi connectivity index (χ2n) is 8.75. The predicted molar refractivity (Wildman–Crippen MR) is 132 cm³/mol. The van der Waals surface area contributed by atoms with Crippen molar-refractivity contribution < 1.29 is 14.3 Å². The molecule has 2 aliphatic carbocycles. The van der Waals surface area contributed by atoms with Crippen molar-refractivity contribution in [3.63, 3.8) is 0 Å². The Morgan fingerprint density at radius 3 is 2.61 bits per heavy atom. The summed E-state index contributed by atoms with van der Waals surface area (Å²) in [5.41, 5.74) is 1.63. The van der Waals surface area contributed by atoms with E-state index < -0.39 is 0 Å². The lowest BCUT2D eigenvalue weighted by molar-refractivity contribution is -0.113. The van der Waals surface area contributed by atoms with E-state index in [0.717, 1.165) is 48.8 Å². The SMILES string of the molecule is CCOC(=O)c1c(NC(=O)CSc2nnc(C3CCCCC3)n2CC)sc2c1CCCCC2. The zero-order valence-electron chi connectivity index (χ0n) is 19.7. The molecule has 33 heavy (non-hydrogen) atoms. The van der Waals surface area contributed by atoms with Gasteiger partial charge in [0, 0.05) is 17.3 Å². The molecule has 1 N–H and O–H groups in total. The molecule has 0 aliphatic heterocycles. The number of rotatable bonds is 8. The van der Waals surface area contributed by atoms with Gasteiger partial charge in [0.05, 0.1) is 17.9 Å². The Kier molecular flexibility index (Phi) is 8.46. The summed E-state index contributed by atoms with van der Waals surface area (Å²) in [5, 5.41) is 13.3. The smallest absolute Gasteiger partial charge is 0.341 e. The second-order valence-corrected chi connectivity index (χ2v) is 10.8. The van der Waals surface area contributed by atoms with Crippen LogP contribution < -0.4 is 5.32 Å². The zero-order chi connectivity index (χ0) is 23.2. The fraction of sp³-hybridized carbons (Fsp3) is 0.667. The first-order chi connectivity index (χ1) is 16.1. The van der Waals surface area contributed by atoms with Gasteiger partial charge in [-0.25, -0.2) is 4.79 Å². The molecule has 0 bridgehead atoms. The summed E-state index contributed by atoms with van der Waals surface area (Å²) in [5.74, 6) is 1.30. The normalized spacial score (nSPS) is 16.8. The van der Waals surface area contributed by atoms with Crippen LogP contribution in [0.5, 0.6) is 0 Å². The van der Waals surface area contributed by atoms with E-state index in [9.17, 15) is 9.59 Å². The van der Waals surface area contributed by atoms with Crippen molar-refractivity contribution in [3.05, 3.63) is 21.8 Å². The maximum Gasteiger partial charge on any atom is 0.341 e. The van der Waals surface area contributed by atoms with E-state index in [0.29, 0.717) is 23.1 Å². The first-order valence-corrected chi connectivity index (χ1v) is 14.1. The number of hydrogen-bond acceptors (Lipinski definition) is 7. The van der Waals surface area contributed by atoms with Crippen LogP contribution in [0.4, 0.5) is 5.00 Å². The quantitative estimate of drug-likeness (QED) is 0.295. The fourth-order valence-corrected chi connectivity index (χ4v) is 7.01. The van der Waals surface area contributed by atoms with Crippen molar-refractivity contribution in [2.45, 2.75) is 95.7 Å². The number of nitrogens with one attached hydrogen (secondary N) is 1. The molecule has 1 amide bonds. The third-order valence-corrected chi connectivity index (χ3v) is 8.69. The van der Waals surface area contributed by atoms with Gasteiger partial charge >= 0.3 is 5.97 Å². The number of thiophene rings is 1. The van der Waals surface area contributed by atoms with Crippen molar-refractivity contribution >= 4 is 40.0 Å². The van der Waals surface area contributed by atoms with E-state index in [2.05, 4.69) is 27.0 Å². The highest BCUT2D eigenvalue weighted by molar-refractivity contribution is 7.99. The highest BCUT2D eigenvalue weighted by Crippen LogP contribution is 2.38. The molecule has 180 valence electrons. The van der Waals surface area contributed by atoms with Crippen molar-refractivity contribution in [1.29, 1.82) is 0 Å². The summed E-state index contributed by atoms with van der Waals surface area (Å²) in [6, 6.07) is 0. The van der Waals surface area contributed by atoms with Crippen LogP contribution in [-0.2, 0) is 28.9 Å². The molecule has 0 atom stereocenters. The molecular weight excluding hydrogens is 456 g/mol. The Balaban J connectivity index is 1.45. The molecule has 0 saturated heterocycles. The van der Waals surface area contributed by atoms with Gasteiger partial charge in [0.25, 0.3) is 0 Å². The average Bonchev–Trinajstić information content (AvgIpc) is 3.31. The topological polar surface area (TPSA) is 86.1 Å². The number of aromatic nitrogens is 3. The lowest BCUT2D eigenvalue weighted by Crippen LogP contribution is -2.17. The molecule has 0 spiro atoms. The number of esters is 1. The van der Waals surface area contributed by atoms with Crippen molar-refractivity contribution in [3.8, 4) is 0 Å². The van der Waals surface area contributed by atoms with Gasteiger partial charge in [0.1, 0.15) is 10.8 Å². The van der Waals surface area contributed by atoms with E-state index in [1.807, 2.05) is 6.92 Å². The number of ether oxygens (including phenoxy) is 1. The Bertz CT molecular complexity index is 979. The summed E-state index contributed by atoms with van der Waals surface area (Å²) in [6.45, 7) is 5.03. The molecule has 7 nitrogen and oxygen atoms in total. The Hall–Kier alpha value is -1.87. The number of amides is 1. The van der Waals surface area contributed by atoms with Gasteiger partial charge in [-0.3, -0.25) is 4.79 Å². The lowest BCUT2D eigenvalue weighted by Gasteiger charge is -2.21. The summed E-state index contributed by atoms with van der Waals surface area (Å²) in [6.07, 6.45) is 11.3. The van der Waals surface area contributed by atoms with Crippen molar-refractivity contribution in [2.24, 2.45) is 0 Å². The fourth-order valence-electron chi connectivity index (χ4n) is 4.91. The number of aryl methyl sites for hydroxylation is 1. The molecular formula is C24H34N4O3S2. The van der Waals surface area contributed by atoms with E-state index >= 15 is 0 Å². The Morgan fingerprint density at radius 2 is 1.85 bits per heavy atom. The maximum absolute atomic E-state index is 12.9. The summed E-state index contributed by atoms with van der Waals surface area (Å²) < 4.78 is 7.48. The molecule has 0 radical (unpaired) electrons. The van der Waals surface area contributed by atoms with Gasteiger partial charge in [-0.2, -0.15) is 0 Å². The number of fused-ring (bicyclic) bond motifs is 1. The number of anilines is 1. The Morgan fingerprint density at radius 1 is 1.09 bits per heavy atom. The van der Waals surface area contributed by atoms with Gasteiger partial charge < -0.3 is 14.6 Å². The van der Waals surface area contributed by atoms with Crippen LogP contribution in [0.25, 0.3) is 0 Å². The molecule has 2 aromatic heterocycles. The summed E-state index contributed by atoms with van der Waals surface area (Å²) >= 11 is 2.95. The monoisotopic (exact) mass is 490 g/mol. The van der Waals surface area contributed by atoms with E-state index in [1.165, 1.54) is 66.5 Å². The highest BCUT2D eigenvalue weighted by atomic mass is 32.2. The van der Waals surface area contributed by atoms with Crippen LogP contribution in [0.2, 0.25) is 0 Å². The number of hydrogen-bond donors (Lipinski definition) is 1. The number of nitrogens with zero attached hydrogens (tertiary/aromatic N) is 3. The van der Waals surface area contributed by atoms with E-state index in [4.69, 9.17) is 4.74 Å². The number of carbonyl (C=O) groups excluding carboxylic acids is 2. The first-order valence-electron chi connectivity index (χ1n) is 12.3. The minimum Gasteiger partial charge on any atom is -0.462 e. The van der Waals surface area contributed by atoms with Crippen LogP contribution in [0.15, 0.2) is 5.16 Å². The average molecular weight is 491 g/mol. The molecule has 2 heterocycles. The molecule has 0 unspecified atom stereocenters. The molecule has 2 aromatic rings. The van der Waals surface area contributed by atoms with E-state index in [-0.39, 0.29) is 17.6 Å². The second kappa shape index (κ2) is 11.5. The highest BCUT2D eigenvalue weighted by Gasteiger charge is 2.27. The largest absolute Gasteiger partial charge is 0.462 e. The van der Waals surface area contributed by atoms with Crippen molar-refractivity contribution in [1.82, 2.24) is 14.8 Å². The third-order valence-electron chi connectivity index (χ3n) is 6.52. The van der Waals surface area contributed by atoms with Gasteiger partial charge in [-0.05, 0) is 57.9 Å². The molecule has 1 fully saturated rings. The summed E-state index contributed by atoms with van der Waals surface area (Å²) in [7, 11) is 0. The molecule has 9 heteroatoms. The van der Waals surface area contributed by atoms with E-state index in [1.54, 1.807) is 0 Å². The molecule has 2 aliphatic rings. The van der Waals surface area contributed by atoms with Crippen LogP contribution in [0.1, 0.15) is 97.8 Å². The van der Waals surface area contributed by atoms with Gasteiger partial charge in [0.15, 0.2) is 5.16 Å². The molecule has 1 saturated carbocycles. The van der Waals surface area contributed by atoms with Gasteiger partial charge in [0.2, 0.25) is 5.91 Å². The minimum absolute atomic E-state index is 0.133. The minimum atomic E-state index is -0.331. The zero-order valence-corrected chi connectivity index (χ0v) is 21.3. The van der Waals surface area contributed by atoms with Gasteiger partial charge in [-0.15, -0.1) is 21.5 Å². The number of thioether (sulfide) groups is 1. The van der Waals surface area contributed by atoms with Crippen molar-refractivity contribution in [2.75, 3.05) is 17.7 Å². The van der Waals surface area contributed by atoms with Gasteiger partial charge in [-0.1, -0.05) is 37.4 Å². The first kappa shape index (κ1) is 24.3. The number of carbonyl (C=O) groups is 2. The summed E-state index contributed by atoms with van der Waals surface area (Å²) in [4.78, 5) is 26.8. The lowest BCUT2D eigenvalue weighted by atomic mass is 9.89. The standard InChI is InChI=1S/C24H34N4O3S2/c1-3-28-21(16-11-7-5-8-12-16)26-27-24(28)32-15-19(29)25-22-20(23(30)31-4-2)17-13-9-6-10-14-18(17)33-22/h16H,3-15H2,1-2H3,(H,25,29). The molecule has 0 aromatic carbocycles. The maximum atomic E-state index is 12.9.